The van der Waals surface area contributed by atoms with Gasteiger partial charge in [-0.3, -0.25) is 19.4 Å². The molecule has 0 aromatic heterocycles. The zero-order valence-electron chi connectivity index (χ0n) is 19.8. The molecule has 0 spiro atoms. The Hall–Kier alpha value is -2.84. The van der Waals surface area contributed by atoms with Crippen molar-refractivity contribution in [3.8, 4) is 0 Å². The zero-order chi connectivity index (χ0) is 24.2. The van der Waals surface area contributed by atoms with Gasteiger partial charge in [-0.1, -0.05) is 24.3 Å². The Kier molecular flexibility index (Phi) is 7.58. The Balaban J connectivity index is 1.41. The molecule has 0 aliphatic carbocycles. The van der Waals surface area contributed by atoms with Crippen LogP contribution >= 0.6 is 0 Å². The van der Waals surface area contributed by atoms with Crippen LogP contribution in [0.2, 0.25) is 0 Å². The molecule has 2 amide bonds. The van der Waals surface area contributed by atoms with Crippen molar-refractivity contribution in [1.82, 2.24) is 19.6 Å². The third kappa shape index (κ3) is 5.45. The summed E-state index contributed by atoms with van der Waals surface area (Å²) in [6.07, 6.45) is 0. The van der Waals surface area contributed by atoms with E-state index in [1.807, 2.05) is 11.8 Å². The molecule has 0 bridgehead atoms. The van der Waals surface area contributed by atoms with Crippen LogP contribution in [0.15, 0.2) is 48.5 Å². The molecule has 1 unspecified atom stereocenters. The Labute approximate surface area is 199 Å². The molecule has 0 N–H and O–H groups in total. The van der Waals surface area contributed by atoms with E-state index in [9.17, 15) is 18.4 Å². The number of hydrogen-bond donors (Lipinski definition) is 0. The molecule has 2 aliphatic rings. The van der Waals surface area contributed by atoms with Gasteiger partial charge in [0.1, 0.15) is 11.6 Å². The van der Waals surface area contributed by atoms with Crippen molar-refractivity contribution in [1.29, 1.82) is 0 Å². The van der Waals surface area contributed by atoms with Crippen LogP contribution < -0.4 is 0 Å². The first-order chi connectivity index (χ1) is 16.3. The molecule has 2 aliphatic heterocycles. The molecule has 2 aromatic rings. The average molecular weight is 471 g/mol. The van der Waals surface area contributed by atoms with Gasteiger partial charge >= 0.3 is 0 Å². The van der Waals surface area contributed by atoms with E-state index in [0.29, 0.717) is 26.2 Å². The maximum atomic E-state index is 13.6. The minimum atomic E-state index is -0.289. The number of halogens is 2. The minimum absolute atomic E-state index is 0.0492. The third-order valence-corrected chi connectivity index (χ3v) is 7.03. The van der Waals surface area contributed by atoms with E-state index < -0.39 is 0 Å². The summed E-state index contributed by atoms with van der Waals surface area (Å²) >= 11 is 0. The van der Waals surface area contributed by atoms with Gasteiger partial charge in [-0.15, -0.1) is 0 Å². The molecule has 0 saturated carbocycles. The van der Waals surface area contributed by atoms with Crippen LogP contribution in [-0.2, 0) is 9.59 Å². The number of nitrogens with zero attached hydrogens (tertiary/aromatic N) is 4. The lowest BCUT2D eigenvalue weighted by Crippen LogP contribution is -2.58. The van der Waals surface area contributed by atoms with Crippen LogP contribution in [0.3, 0.4) is 0 Å². The van der Waals surface area contributed by atoms with E-state index in [1.165, 1.54) is 24.3 Å². The first-order valence-corrected chi connectivity index (χ1v) is 11.9. The second kappa shape index (κ2) is 10.6. The lowest BCUT2D eigenvalue weighted by atomic mass is 9.96. The average Bonchev–Trinajstić information content (AvgIpc) is 2.86. The predicted molar refractivity (Wildman–Crippen MR) is 126 cm³/mol. The summed E-state index contributed by atoms with van der Waals surface area (Å²) < 4.78 is 27.1. The fourth-order valence-corrected chi connectivity index (χ4v) is 4.95. The molecule has 34 heavy (non-hydrogen) atoms. The zero-order valence-corrected chi connectivity index (χ0v) is 19.8. The van der Waals surface area contributed by atoms with Gasteiger partial charge in [0, 0.05) is 59.3 Å². The van der Waals surface area contributed by atoms with Gasteiger partial charge in [-0.2, -0.15) is 0 Å². The molecule has 2 saturated heterocycles. The maximum Gasteiger partial charge on any atom is 0.239 e. The predicted octanol–water partition coefficient (Wildman–Crippen LogP) is 2.75. The number of carbonyl (C=O) groups excluding carboxylic acids is 2. The second-order valence-corrected chi connectivity index (χ2v) is 9.08. The highest BCUT2D eigenvalue weighted by Gasteiger charge is 2.33. The monoisotopic (exact) mass is 470 g/mol. The Morgan fingerprint density at radius 3 is 1.53 bits per heavy atom. The van der Waals surface area contributed by atoms with Gasteiger partial charge in [0.25, 0.3) is 0 Å². The van der Waals surface area contributed by atoms with Crippen molar-refractivity contribution in [2.45, 2.75) is 25.9 Å². The van der Waals surface area contributed by atoms with E-state index in [-0.39, 0.29) is 35.5 Å². The van der Waals surface area contributed by atoms with Crippen molar-refractivity contribution in [3.05, 3.63) is 71.3 Å². The fourth-order valence-electron chi connectivity index (χ4n) is 4.95. The molecular weight excluding hydrogens is 438 g/mol. The molecule has 8 heteroatoms. The number of hydrogen-bond acceptors (Lipinski definition) is 4. The summed E-state index contributed by atoms with van der Waals surface area (Å²) in [7, 11) is 0. The van der Waals surface area contributed by atoms with E-state index in [0.717, 1.165) is 37.3 Å². The fraction of sp³-hybridized carbons (Fsp3) is 0.462. The molecule has 1 atom stereocenters. The summed E-state index contributed by atoms with van der Waals surface area (Å²) in [5, 5.41) is 0. The molecule has 2 heterocycles. The van der Waals surface area contributed by atoms with Crippen LogP contribution in [0.25, 0.3) is 0 Å². The van der Waals surface area contributed by atoms with E-state index in [4.69, 9.17) is 0 Å². The number of amides is 2. The first-order valence-electron chi connectivity index (χ1n) is 11.9. The number of benzene rings is 2. The molecule has 182 valence electrons. The standard InChI is InChI=1S/C26H32F2N4O2/c1-19(26(34)32-17-13-30(14-18-32)20(2)33)29-11-15-31(16-12-29)25(21-3-7-23(27)8-4-21)22-5-9-24(28)10-6-22/h3-10,19,25H,11-18H2,1-2H3. The van der Waals surface area contributed by atoms with Crippen LogP contribution in [0.4, 0.5) is 8.78 Å². The summed E-state index contributed by atoms with van der Waals surface area (Å²) in [6, 6.07) is 12.6. The lowest BCUT2D eigenvalue weighted by molar-refractivity contribution is -0.142. The molecule has 0 radical (unpaired) electrons. The van der Waals surface area contributed by atoms with Crippen molar-refractivity contribution >= 4 is 11.8 Å². The van der Waals surface area contributed by atoms with Crippen LogP contribution in [0.1, 0.15) is 31.0 Å². The van der Waals surface area contributed by atoms with Gasteiger partial charge in [0.2, 0.25) is 11.8 Å². The van der Waals surface area contributed by atoms with E-state index >= 15 is 0 Å². The maximum absolute atomic E-state index is 13.6. The third-order valence-electron chi connectivity index (χ3n) is 7.03. The molecule has 2 fully saturated rings. The normalized spacial score (nSPS) is 18.9. The summed E-state index contributed by atoms with van der Waals surface area (Å²) in [4.78, 5) is 32.8. The van der Waals surface area contributed by atoms with Gasteiger partial charge in [-0.05, 0) is 42.3 Å². The Morgan fingerprint density at radius 2 is 1.09 bits per heavy atom. The van der Waals surface area contributed by atoms with Crippen molar-refractivity contribution in [2.75, 3.05) is 52.4 Å². The van der Waals surface area contributed by atoms with Crippen molar-refractivity contribution < 1.29 is 18.4 Å². The molecule has 4 rings (SSSR count). The highest BCUT2D eigenvalue weighted by molar-refractivity contribution is 5.82. The van der Waals surface area contributed by atoms with Gasteiger partial charge in [-0.25, -0.2) is 8.78 Å². The number of rotatable bonds is 5. The minimum Gasteiger partial charge on any atom is -0.339 e. The van der Waals surface area contributed by atoms with Crippen molar-refractivity contribution in [2.24, 2.45) is 0 Å². The first kappa shape index (κ1) is 24.3. The summed E-state index contributed by atoms with van der Waals surface area (Å²) in [6.45, 7) is 8.72. The smallest absolute Gasteiger partial charge is 0.239 e. The van der Waals surface area contributed by atoms with Gasteiger partial charge in [0.05, 0.1) is 12.1 Å². The molecule has 2 aromatic carbocycles. The number of carbonyl (C=O) groups is 2. The van der Waals surface area contributed by atoms with E-state index in [2.05, 4.69) is 9.80 Å². The SMILES string of the molecule is CC(=O)N1CCN(C(=O)C(C)N2CCN(C(c3ccc(F)cc3)c3ccc(F)cc3)CC2)CC1. The number of piperazine rings is 2. The largest absolute Gasteiger partial charge is 0.339 e. The Bertz CT molecular complexity index is 937. The summed E-state index contributed by atoms with van der Waals surface area (Å²) in [5.41, 5.74) is 1.91. The van der Waals surface area contributed by atoms with Crippen molar-refractivity contribution in [3.63, 3.8) is 0 Å². The van der Waals surface area contributed by atoms with Crippen LogP contribution in [0.5, 0.6) is 0 Å². The molecule has 6 nitrogen and oxygen atoms in total. The van der Waals surface area contributed by atoms with Gasteiger partial charge in [0.15, 0.2) is 0 Å². The highest BCUT2D eigenvalue weighted by atomic mass is 19.1. The van der Waals surface area contributed by atoms with Gasteiger partial charge < -0.3 is 9.80 Å². The topological polar surface area (TPSA) is 47.1 Å². The molecular formula is C26H32F2N4O2. The quantitative estimate of drug-likeness (QED) is 0.674. The lowest BCUT2D eigenvalue weighted by Gasteiger charge is -2.43. The van der Waals surface area contributed by atoms with Crippen LogP contribution in [0, 0.1) is 11.6 Å². The summed E-state index contributed by atoms with van der Waals surface area (Å²) in [5.74, 6) is -0.427. The highest BCUT2D eigenvalue weighted by Crippen LogP contribution is 2.30. The van der Waals surface area contributed by atoms with E-state index in [1.54, 1.807) is 36.1 Å². The second-order valence-electron chi connectivity index (χ2n) is 9.08. The van der Waals surface area contributed by atoms with Crippen LogP contribution in [-0.4, -0.2) is 89.8 Å². The Morgan fingerprint density at radius 1 is 0.676 bits per heavy atom.